The molecule has 11 heteroatoms. The van der Waals surface area contributed by atoms with Crippen LogP contribution in [0.5, 0.6) is 11.5 Å². The van der Waals surface area contributed by atoms with Crippen LogP contribution in [0.3, 0.4) is 0 Å². The van der Waals surface area contributed by atoms with Gasteiger partial charge in [-0.25, -0.2) is 0 Å². The minimum atomic E-state index is -0.575. The second-order valence-corrected chi connectivity index (χ2v) is 10.4. The maximum Gasteiger partial charge on any atom is 0.291 e. The lowest BCUT2D eigenvalue weighted by atomic mass is 10.1. The van der Waals surface area contributed by atoms with E-state index in [1.807, 2.05) is 43.3 Å². The van der Waals surface area contributed by atoms with Crippen molar-refractivity contribution in [1.29, 1.82) is 0 Å². The molecule has 1 unspecified atom stereocenters. The summed E-state index contributed by atoms with van der Waals surface area (Å²) < 4.78 is 13.2. The van der Waals surface area contributed by atoms with Gasteiger partial charge in [-0.1, -0.05) is 53.8 Å². The number of hydrogen-bond donors (Lipinski definition) is 1. The molecular weight excluding hydrogens is 530 g/mol. The van der Waals surface area contributed by atoms with Gasteiger partial charge in [0.05, 0.1) is 11.3 Å². The van der Waals surface area contributed by atoms with Gasteiger partial charge in [-0.3, -0.25) is 19.3 Å². The van der Waals surface area contributed by atoms with Crippen molar-refractivity contribution in [3.05, 3.63) is 105 Å². The zero-order valence-corrected chi connectivity index (χ0v) is 22.0. The van der Waals surface area contributed by atoms with Gasteiger partial charge in [-0.15, -0.1) is 5.10 Å². The topological polar surface area (TPSA) is 115 Å². The van der Waals surface area contributed by atoms with E-state index < -0.39 is 17.6 Å². The SMILES string of the molecule is Cc1cccc(NC(=O)CN2C(=O)/C(=c3\sc4nc(C5COc6ccccc6O5)nn4c3=O)c3ccccc32)c1. The highest BCUT2D eigenvalue weighted by Gasteiger charge is 2.36. The molecule has 2 amide bonds. The summed E-state index contributed by atoms with van der Waals surface area (Å²) >= 11 is 1.08. The molecule has 0 spiro atoms. The molecule has 3 aromatic carbocycles. The lowest BCUT2D eigenvalue weighted by molar-refractivity contribution is -0.118. The highest BCUT2D eigenvalue weighted by molar-refractivity contribution is 7.15. The van der Waals surface area contributed by atoms with Gasteiger partial charge in [0.1, 0.15) is 17.7 Å². The number of fused-ring (bicyclic) bond motifs is 3. The lowest BCUT2D eigenvalue weighted by Crippen LogP contribution is -2.37. The number of anilines is 2. The summed E-state index contributed by atoms with van der Waals surface area (Å²) in [6.07, 6.45) is -0.575. The van der Waals surface area contributed by atoms with Crippen LogP contribution in [0.2, 0.25) is 0 Å². The predicted octanol–water partition coefficient (Wildman–Crippen LogP) is 2.88. The van der Waals surface area contributed by atoms with Crippen LogP contribution in [0.1, 0.15) is 23.1 Å². The van der Waals surface area contributed by atoms with Crippen LogP contribution in [0.25, 0.3) is 10.5 Å². The third-order valence-electron chi connectivity index (χ3n) is 6.72. The first-order valence-corrected chi connectivity index (χ1v) is 13.4. The van der Waals surface area contributed by atoms with E-state index in [9.17, 15) is 14.4 Å². The number of benzene rings is 3. The van der Waals surface area contributed by atoms with Crippen LogP contribution >= 0.6 is 11.3 Å². The molecule has 0 aliphatic carbocycles. The molecule has 0 saturated carbocycles. The fraction of sp³-hybridized carbons (Fsp3) is 0.138. The van der Waals surface area contributed by atoms with E-state index in [0.29, 0.717) is 39.2 Å². The van der Waals surface area contributed by atoms with Crippen LogP contribution in [0.15, 0.2) is 77.6 Å². The number of aromatic nitrogens is 3. The highest BCUT2D eigenvalue weighted by atomic mass is 32.1. The summed E-state index contributed by atoms with van der Waals surface area (Å²) in [7, 11) is 0. The monoisotopic (exact) mass is 551 g/mol. The van der Waals surface area contributed by atoms with Crippen molar-refractivity contribution in [3.63, 3.8) is 0 Å². The molecule has 198 valence electrons. The molecule has 0 bridgehead atoms. The Kier molecular flexibility index (Phi) is 5.60. The number of ether oxygens (including phenoxy) is 2. The van der Waals surface area contributed by atoms with E-state index in [2.05, 4.69) is 15.4 Å². The summed E-state index contributed by atoms with van der Waals surface area (Å²) in [6, 6.07) is 21.8. The normalized spacial score (nSPS) is 17.3. The standard InChI is InChI=1S/C29H21N5O5S/c1-16-7-6-8-17(13-16)30-23(35)14-33-19-10-3-2-9-18(19)24(27(33)36)25-28(37)34-29(40-25)31-26(32-34)22-15-38-20-11-4-5-12-21(20)39-22/h2-13,22H,14-15H2,1H3,(H,30,35)/b25-24-. The molecule has 2 aromatic heterocycles. The van der Waals surface area contributed by atoms with Crippen LogP contribution in [-0.4, -0.2) is 39.6 Å². The molecule has 5 aromatic rings. The van der Waals surface area contributed by atoms with Crippen LogP contribution < -0.4 is 29.8 Å². The molecule has 10 nitrogen and oxygen atoms in total. The number of aryl methyl sites for hydroxylation is 1. The molecule has 1 atom stereocenters. The number of rotatable bonds is 4. The Labute approximate surface area is 231 Å². The number of hydrogen-bond acceptors (Lipinski definition) is 8. The third kappa shape index (κ3) is 3.98. The molecule has 1 N–H and O–H groups in total. The number of thiazole rings is 1. The third-order valence-corrected chi connectivity index (χ3v) is 7.75. The van der Waals surface area contributed by atoms with Gasteiger partial charge in [-0.05, 0) is 42.8 Å². The van der Waals surface area contributed by atoms with Crippen LogP contribution in [0, 0.1) is 6.92 Å². The van der Waals surface area contributed by atoms with Gasteiger partial charge >= 0.3 is 0 Å². The highest BCUT2D eigenvalue weighted by Crippen LogP contribution is 2.36. The summed E-state index contributed by atoms with van der Waals surface area (Å²) in [6.45, 7) is 1.94. The van der Waals surface area contributed by atoms with E-state index in [0.717, 1.165) is 16.9 Å². The van der Waals surface area contributed by atoms with E-state index in [4.69, 9.17) is 9.47 Å². The van der Waals surface area contributed by atoms with Crippen molar-refractivity contribution in [2.45, 2.75) is 13.0 Å². The average Bonchev–Trinajstić information content (AvgIpc) is 3.59. The Balaban J connectivity index is 1.22. The predicted molar refractivity (Wildman–Crippen MR) is 149 cm³/mol. The number of carbonyl (C=O) groups is 2. The van der Waals surface area contributed by atoms with Crippen molar-refractivity contribution in [1.82, 2.24) is 14.6 Å². The molecular formula is C29H21N5O5S. The van der Waals surface area contributed by atoms with Crippen molar-refractivity contribution < 1.29 is 19.1 Å². The number of para-hydroxylation sites is 3. The maximum absolute atomic E-state index is 13.7. The van der Waals surface area contributed by atoms with Gasteiger partial charge < -0.3 is 14.8 Å². The minimum absolute atomic E-state index is 0.202. The van der Waals surface area contributed by atoms with E-state index in [1.54, 1.807) is 36.4 Å². The molecule has 0 radical (unpaired) electrons. The first-order chi connectivity index (χ1) is 19.5. The van der Waals surface area contributed by atoms with E-state index in [1.165, 1.54) is 9.42 Å². The van der Waals surface area contributed by atoms with Crippen molar-refractivity contribution >= 4 is 45.1 Å². The molecule has 4 heterocycles. The van der Waals surface area contributed by atoms with Crippen LogP contribution in [-0.2, 0) is 9.59 Å². The Morgan fingerprint density at radius 3 is 2.67 bits per heavy atom. The van der Waals surface area contributed by atoms with Gasteiger partial charge in [0.25, 0.3) is 11.5 Å². The minimum Gasteiger partial charge on any atom is -0.485 e. The molecule has 7 rings (SSSR count). The fourth-order valence-electron chi connectivity index (χ4n) is 4.91. The first kappa shape index (κ1) is 24.0. The Morgan fingerprint density at radius 2 is 1.85 bits per heavy atom. The molecule has 2 aliphatic rings. The van der Waals surface area contributed by atoms with Crippen molar-refractivity contribution in [2.24, 2.45) is 0 Å². The summed E-state index contributed by atoms with van der Waals surface area (Å²) in [5, 5.41) is 7.24. The van der Waals surface area contributed by atoms with Crippen LogP contribution in [0.4, 0.5) is 11.4 Å². The first-order valence-electron chi connectivity index (χ1n) is 12.6. The number of nitrogens with zero attached hydrogens (tertiary/aromatic N) is 4. The largest absolute Gasteiger partial charge is 0.485 e. The summed E-state index contributed by atoms with van der Waals surface area (Å²) in [5.74, 6) is 0.764. The van der Waals surface area contributed by atoms with Gasteiger partial charge in [0.15, 0.2) is 23.4 Å². The van der Waals surface area contributed by atoms with E-state index >= 15 is 0 Å². The number of carbonyl (C=O) groups excluding carboxylic acids is 2. The van der Waals surface area contributed by atoms with Gasteiger partial charge in [-0.2, -0.15) is 9.50 Å². The molecule has 40 heavy (non-hydrogen) atoms. The smallest absolute Gasteiger partial charge is 0.291 e. The fourth-order valence-corrected chi connectivity index (χ4v) is 5.91. The Morgan fingerprint density at radius 1 is 1.05 bits per heavy atom. The van der Waals surface area contributed by atoms with Crippen molar-refractivity contribution in [2.75, 3.05) is 23.4 Å². The summed E-state index contributed by atoms with van der Waals surface area (Å²) in [4.78, 5) is 46.3. The zero-order chi connectivity index (χ0) is 27.4. The lowest BCUT2D eigenvalue weighted by Gasteiger charge is -2.24. The second kappa shape index (κ2) is 9.31. The zero-order valence-electron chi connectivity index (χ0n) is 21.2. The van der Waals surface area contributed by atoms with Gasteiger partial charge in [0.2, 0.25) is 10.9 Å². The quantitative estimate of drug-likeness (QED) is 0.365. The Bertz CT molecular complexity index is 1950. The summed E-state index contributed by atoms with van der Waals surface area (Å²) in [5.41, 5.74) is 2.57. The number of amides is 2. The number of nitrogens with one attached hydrogen (secondary N) is 1. The molecule has 0 fully saturated rings. The van der Waals surface area contributed by atoms with Gasteiger partial charge in [0, 0.05) is 11.3 Å². The molecule has 2 aliphatic heterocycles. The van der Waals surface area contributed by atoms with E-state index in [-0.39, 0.29) is 29.2 Å². The maximum atomic E-state index is 13.7. The second-order valence-electron chi connectivity index (χ2n) is 9.47. The average molecular weight is 552 g/mol. The molecule has 0 saturated heterocycles. The Hall–Kier alpha value is -5.03. The van der Waals surface area contributed by atoms with Crippen molar-refractivity contribution in [3.8, 4) is 11.5 Å².